The highest BCUT2D eigenvalue weighted by atomic mass is 35.5. The van der Waals surface area contributed by atoms with Crippen molar-refractivity contribution in [1.29, 1.82) is 0 Å². The lowest BCUT2D eigenvalue weighted by molar-refractivity contribution is -0.145. The first-order chi connectivity index (χ1) is 12.4. The number of hydrogen-bond acceptors (Lipinski definition) is 4. The summed E-state index contributed by atoms with van der Waals surface area (Å²) in [5, 5.41) is 2.39. The standard InChI is InChI=1S/C19H25ClN2O3S/c1-12-10-22(11-13(2)25-12)17(23)14-9-19(14)4-6-21(7-5-19)18(24)16-15(20)3-8-26-16/h3,8,12-14H,4-7,9-11H2,1-2H3/t12-,13+,14-/m0/s1. The molecule has 7 heteroatoms. The van der Waals surface area contributed by atoms with E-state index in [2.05, 4.69) is 0 Å². The minimum absolute atomic E-state index is 0.0270. The number of carbonyl (C=O) groups is 2. The third-order valence-electron chi connectivity index (χ3n) is 6.08. The van der Waals surface area contributed by atoms with Crippen molar-refractivity contribution in [1.82, 2.24) is 9.80 Å². The average molecular weight is 397 g/mol. The Labute approximate surface area is 163 Å². The highest BCUT2D eigenvalue weighted by molar-refractivity contribution is 7.12. The molecule has 3 fully saturated rings. The maximum Gasteiger partial charge on any atom is 0.265 e. The van der Waals surface area contributed by atoms with Gasteiger partial charge in [0.05, 0.1) is 17.2 Å². The summed E-state index contributed by atoms with van der Waals surface area (Å²) in [5.74, 6) is 0.440. The molecule has 5 nitrogen and oxygen atoms in total. The monoisotopic (exact) mass is 396 g/mol. The molecule has 1 aromatic rings. The third-order valence-corrected chi connectivity index (χ3v) is 7.41. The molecule has 0 aromatic carbocycles. The minimum Gasteiger partial charge on any atom is -0.372 e. The van der Waals surface area contributed by atoms with Gasteiger partial charge in [0.1, 0.15) is 4.88 Å². The van der Waals surface area contributed by atoms with Gasteiger partial charge in [0.15, 0.2) is 0 Å². The van der Waals surface area contributed by atoms with Gasteiger partial charge in [-0.25, -0.2) is 0 Å². The molecule has 0 bridgehead atoms. The quantitative estimate of drug-likeness (QED) is 0.770. The molecule has 1 spiro atoms. The smallest absolute Gasteiger partial charge is 0.265 e. The number of ether oxygens (including phenoxy) is 1. The van der Waals surface area contributed by atoms with Crippen LogP contribution in [-0.4, -0.2) is 60.0 Å². The Bertz CT molecular complexity index is 703. The summed E-state index contributed by atoms with van der Waals surface area (Å²) in [7, 11) is 0. The maximum absolute atomic E-state index is 12.9. The Morgan fingerprint density at radius 3 is 2.42 bits per heavy atom. The molecule has 0 unspecified atom stereocenters. The van der Waals surface area contributed by atoms with Crippen molar-refractivity contribution in [2.24, 2.45) is 11.3 Å². The number of carbonyl (C=O) groups excluding carboxylic acids is 2. The predicted molar refractivity (Wildman–Crippen MR) is 102 cm³/mol. The minimum atomic E-state index is 0.0270. The van der Waals surface area contributed by atoms with E-state index < -0.39 is 0 Å². The van der Waals surface area contributed by atoms with Crippen LogP contribution >= 0.6 is 22.9 Å². The van der Waals surface area contributed by atoms with Crippen molar-refractivity contribution in [2.45, 2.75) is 45.3 Å². The Balaban J connectivity index is 1.35. The summed E-state index contributed by atoms with van der Waals surface area (Å²) >= 11 is 7.49. The van der Waals surface area contributed by atoms with Gasteiger partial charge in [-0.2, -0.15) is 0 Å². The van der Waals surface area contributed by atoms with Gasteiger partial charge in [-0.1, -0.05) is 11.6 Å². The van der Waals surface area contributed by atoms with Crippen LogP contribution in [0.1, 0.15) is 42.8 Å². The number of morpholine rings is 1. The molecule has 1 aliphatic carbocycles. The summed E-state index contributed by atoms with van der Waals surface area (Å²) in [5.41, 5.74) is 0.109. The third kappa shape index (κ3) is 3.27. The first-order valence-electron chi connectivity index (χ1n) is 9.36. The zero-order chi connectivity index (χ0) is 18.5. The summed E-state index contributed by atoms with van der Waals surface area (Å²) in [6.07, 6.45) is 2.99. The van der Waals surface area contributed by atoms with E-state index in [-0.39, 0.29) is 35.4 Å². The second-order valence-electron chi connectivity index (χ2n) is 8.01. The molecule has 142 valence electrons. The molecule has 26 heavy (non-hydrogen) atoms. The van der Waals surface area contributed by atoms with Crippen LogP contribution in [0.5, 0.6) is 0 Å². The Hall–Kier alpha value is -1.11. The fourth-order valence-electron chi connectivity index (χ4n) is 4.57. The molecular weight excluding hydrogens is 372 g/mol. The van der Waals surface area contributed by atoms with E-state index in [0.29, 0.717) is 36.1 Å². The molecule has 4 rings (SSSR count). The second kappa shape index (κ2) is 6.80. The van der Waals surface area contributed by atoms with Crippen LogP contribution in [0.3, 0.4) is 0 Å². The molecule has 3 heterocycles. The number of rotatable bonds is 2. The lowest BCUT2D eigenvalue weighted by Crippen LogP contribution is -2.49. The van der Waals surface area contributed by atoms with E-state index in [4.69, 9.17) is 16.3 Å². The van der Waals surface area contributed by atoms with Crippen LogP contribution in [0.25, 0.3) is 0 Å². The Morgan fingerprint density at radius 2 is 1.85 bits per heavy atom. The normalized spacial score (nSPS) is 30.5. The molecule has 2 aliphatic heterocycles. The average Bonchev–Trinajstić information content (AvgIpc) is 3.12. The van der Waals surface area contributed by atoms with Crippen molar-refractivity contribution in [3.8, 4) is 0 Å². The molecule has 3 atom stereocenters. The van der Waals surface area contributed by atoms with Gasteiger partial charge >= 0.3 is 0 Å². The molecular formula is C19H25ClN2O3S. The number of nitrogens with zero attached hydrogens (tertiary/aromatic N) is 2. The van der Waals surface area contributed by atoms with E-state index in [1.165, 1.54) is 11.3 Å². The van der Waals surface area contributed by atoms with Crippen LogP contribution in [0, 0.1) is 11.3 Å². The van der Waals surface area contributed by atoms with Crippen molar-refractivity contribution >= 4 is 34.8 Å². The number of halogens is 1. The molecule has 0 N–H and O–H groups in total. The van der Waals surface area contributed by atoms with Gasteiger partial charge < -0.3 is 14.5 Å². The number of piperidine rings is 1. The first-order valence-corrected chi connectivity index (χ1v) is 10.6. The molecule has 2 amide bonds. The molecule has 2 saturated heterocycles. The summed E-state index contributed by atoms with van der Waals surface area (Å²) in [4.78, 5) is 30.1. The highest BCUT2D eigenvalue weighted by Gasteiger charge is 2.59. The summed E-state index contributed by atoms with van der Waals surface area (Å²) in [6.45, 7) is 6.87. The zero-order valence-corrected chi connectivity index (χ0v) is 16.8. The molecule has 1 saturated carbocycles. The number of likely N-dealkylation sites (tertiary alicyclic amines) is 1. The van der Waals surface area contributed by atoms with Gasteiger partial charge in [-0.05, 0) is 50.0 Å². The topological polar surface area (TPSA) is 49.9 Å². The summed E-state index contributed by atoms with van der Waals surface area (Å²) in [6, 6.07) is 1.77. The number of thiophene rings is 1. The highest BCUT2D eigenvalue weighted by Crippen LogP contribution is 2.60. The van der Waals surface area contributed by atoms with Crippen LogP contribution < -0.4 is 0 Å². The Kier molecular flexibility index (Phi) is 4.78. The maximum atomic E-state index is 12.9. The van der Waals surface area contributed by atoms with Gasteiger partial charge in [-0.15, -0.1) is 11.3 Å². The van der Waals surface area contributed by atoms with E-state index in [1.54, 1.807) is 6.07 Å². The summed E-state index contributed by atoms with van der Waals surface area (Å²) < 4.78 is 5.74. The van der Waals surface area contributed by atoms with E-state index in [9.17, 15) is 9.59 Å². The van der Waals surface area contributed by atoms with Gasteiger partial charge in [0, 0.05) is 32.1 Å². The van der Waals surface area contributed by atoms with Crippen LogP contribution in [0.2, 0.25) is 5.02 Å². The lowest BCUT2D eigenvalue weighted by atomic mass is 9.90. The van der Waals surface area contributed by atoms with E-state index in [1.807, 2.05) is 29.0 Å². The lowest BCUT2D eigenvalue weighted by Gasteiger charge is -2.37. The van der Waals surface area contributed by atoms with Gasteiger partial charge in [0.25, 0.3) is 5.91 Å². The first kappa shape index (κ1) is 18.3. The molecule has 3 aliphatic rings. The predicted octanol–water partition coefficient (Wildman–Crippen LogP) is 3.28. The van der Waals surface area contributed by atoms with E-state index >= 15 is 0 Å². The van der Waals surface area contributed by atoms with Crippen molar-refractivity contribution in [3.05, 3.63) is 21.3 Å². The fraction of sp³-hybridized carbons (Fsp3) is 0.684. The van der Waals surface area contributed by atoms with Crippen molar-refractivity contribution in [2.75, 3.05) is 26.2 Å². The fourth-order valence-corrected chi connectivity index (χ4v) is 5.68. The zero-order valence-electron chi connectivity index (χ0n) is 15.2. The van der Waals surface area contributed by atoms with Gasteiger partial charge in [-0.3, -0.25) is 9.59 Å². The van der Waals surface area contributed by atoms with Crippen LogP contribution in [0.15, 0.2) is 11.4 Å². The number of amides is 2. The van der Waals surface area contributed by atoms with Gasteiger partial charge in [0.2, 0.25) is 5.91 Å². The van der Waals surface area contributed by atoms with Crippen molar-refractivity contribution < 1.29 is 14.3 Å². The molecule has 1 aromatic heterocycles. The van der Waals surface area contributed by atoms with Crippen LogP contribution in [0.4, 0.5) is 0 Å². The molecule has 0 radical (unpaired) electrons. The SMILES string of the molecule is C[C@@H]1CN(C(=O)[C@@H]2CC23CCN(C(=O)c2sccc2Cl)CC3)C[C@H](C)O1. The van der Waals surface area contributed by atoms with Crippen molar-refractivity contribution in [3.63, 3.8) is 0 Å². The largest absolute Gasteiger partial charge is 0.372 e. The second-order valence-corrected chi connectivity index (χ2v) is 9.33. The Morgan fingerprint density at radius 1 is 1.19 bits per heavy atom. The van der Waals surface area contributed by atoms with Crippen LogP contribution in [-0.2, 0) is 9.53 Å². The number of hydrogen-bond donors (Lipinski definition) is 0. The van der Waals surface area contributed by atoms with E-state index in [0.717, 1.165) is 19.3 Å².